The Kier molecular flexibility index (Phi) is 5.60. The molecule has 2 nitrogen and oxygen atoms in total. The molecule has 0 aliphatic carbocycles. The van der Waals surface area contributed by atoms with E-state index in [1.165, 1.54) is 0 Å². The summed E-state index contributed by atoms with van der Waals surface area (Å²) in [7, 11) is 0. The second-order valence-electron chi connectivity index (χ2n) is 3.32. The maximum absolute atomic E-state index is 12.4. The van der Waals surface area contributed by atoms with Crippen LogP contribution in [0.25, 0.3) is 0 Å². The first kappa shape index (κ1) is 14.2. The minimum atomic E-state index is -4.59. The lowest BCUT2D eigenvalue weighted by Gasteiger charge is -2.17. The van der Waals surface area contributed by atoms with Crippen molar-refractivity contribution < 1.29 is 22.4 Å². The summed E-state index contributed by atoms with van der Waals surface area (Å²) >= 11 is 0. The molecule has 0 unspecified atom stereocenters. The van der Waals surface area contributed by atoms with Crippen molar-refractivity contribution in [3.8, 4) is 0 Å². The molecule has 0 aromatic heterocycles. The van der Waals surface area contributed by atoms with E-state index in [0.29, 0.717) is 12.8 Å². The van der Waals surface area contributed by atoms with Gasteiger partial charge < -0.3 is 5.32 Å². The molecule has 0 spiro atoms. The van der Waals surface area contributed by atoms with Gasteiger partial charge in [-0.1, -0.05) is 26.7 Å². The van der Waals surface area contributed by atoms with Crippen molar-refractivity contribution in [2.75, 3.05) is 6.54 Å². The number of carbonyl (C=O) groups excluding carboxylic acids is 1. The zero-order chi connectivity index (χ0) is 12.1. The van der Waals surface area contributed by atoms with E-state index < -0.39 is 18.3 Å². The summed E-state index contributed by atoms with van der Waals surface area (Å²) in [5.74, 6) is -6.45. The fraction of sp³-hybridized carbons (Fsp3) is 0.889. The first-order valence-corrected chi connectivity index (χ1v) is 4.80. The molecule has 6 heteroatoms. The van der Waals surface area contributed by atoms with Gasteiger partial charge >= 0.3 is 12.3 Å². The maximum atomic E-state index is 12.4. The van der Waals surface area contributed by atoms with Crippen LogP contribution in [0.5, 0.6) is 0 Å². The second kappa shape index (κ2) is 5.92. The van der Waals surface area contributed by atoms with Gasteiger partial charge in [0.05, 0.1) is 0 Å². The molecular weight excluding hydrogens is 214 g/mol. The Labute approximate surface area is 86.0 Å². The first-order valence-electron chi connectivity index (χ1n) is 4.80. The van der Waals surface area contributed by atoms with Crippen LogP contribution in [0, 0.1) is 5.92 Å². The van der Waals surface area contributed by atoms with Gasteiger partial charge in [0.25, 0.3) is 5.91 Å². The Hall–Kier alpha value is -0.810. The molecule has 0 aliphatic heterocycles. The van der Waals surface area contributed by atoms with Crippen LogP contribution in [0.2, 0.25) is 0 Å². The summed E-state index contributed by atoms with van der Waals surface area (Å²) in [6, 6.07) is 0. The molecule has 0 fully saturated rings. The molecule has 1 amide bonds. The number of hydrogen-bond acceptors (Lipinski definition) is 1. The Balaban J connectivity index is 4.14. The molecule has 0 rings (SSSR count). The summed E-state index contributed by atoms with van der Waals surface area (Å²) in [4.78, 5) is 10.7. The molecule has 0 aliphatic rings. The van der Waals surface area contributed by atoms with Crippen LogP contribution in [-0.2, 0) is 4.79 Å². The molecule has 0 aromatic rings. The Morgan fingerprint density at radius 3 is 2.07 bits per heavy atom. The average Bonchev–Trinajstić information content (AvgIpc) is 2.18. The van der Waals surface area contributed by atoms with E-state index in [9.17, 15) is 22.4 Å². The summed E-state index contributed by atoms with van der Waals surface area (Å²) in [6.07, 6.45) is -2.55. The summed E-state index contributed by atoms with van der Waals surface area (Å²) < 4.78 is 48.4. The van der Waals surface area contributed by atoms with Crippen molar-refractivity contribution in [2.24, 2.45) is 5.92 Å². The lowest BCUT2D eigenvalue weighted by Crippen LogP contribution is -2.46. The van der Waals surface area contributed by atoms with E-state index in [1.54, 1.807) is 0 Å². The van der Waals surface area contributed by atoms with Crippen molar-refractivity contribution in [1.82, 2.24) is 5.32 Å². The minimum absolute atomic E-state index is 0.00808. The predicted octanol–water partition coefficient (Wildman–Crippen LogP) is 2.44. The Morgan fingerprint density at radius 2 is 1.73 bits per heavy atom. The quantitative estimate of drug-likeness (QED) is 0.696. The van der Waals surface area contributed by atoms with Gasteiger partial charge in [0.1, 0.15) is 0 Å². The normalized spacial score (nSPS) is 12.3. The van der Waals surface area contributed by atoms with Crippen LogP contribution < -0.4 is 5.32 Å². The van der Waals surface area contributed by atoms with E-state index in [-0.39, 0.29) is 12.5 Å². The molecule has 0 saturated heterocycles. The van der Waals surface area contributed by atoms with Crippen LogP contribution in [-0.4, -0.2) is 24.8 Å². The number of halogens is 4. The summed E-state index contributed by atoms with van der Waals surface area (Å²) in [5, 5.41) is 1.84. The third-order valence-corrected chi connectivity index (χ3v) is 2.28. The smallest absolute Gasteiger partial charge is 0.350 e. The summed E-state index contributed by atoms with van der Waals surface area (Å²) in [6.45, 7) is 3.69. The maximum Gasteiger partial charge on any atom is 0.383 e. The molecule has 0 saturated carbocycles. The van der Waals surface area contributed by atoms with Crippen molar-refractivity contribution in [3.63, 3.8) is 0 Å². The highest BCUT2D eigenvalue weighted by Gasteiger charge is 2.48. The number of alkyl halides is 4. The Morgan fingerprint density at radius 1 is 1.27 bits per heavy atom. The molecular formula is C9H15F4NO. The van der Waals surface area contributed by atoms with Gasteiger partial charge in [-0.2, -0.15) is 8.78 Å². The van der Waals surface area contributed by atoms with Gasteiger partial charge in [-0.25, -0.2) is 8.78 Å². The molecule has 0 heterocycles. The van der Waals surface area contributed by atoms with Crippen LogP contribution in [0.4, 0.5) is 17.6 Å². The highest BCUT2D eigenvalue weighted by Crippen LogP contribution is 2.22. The molecule has 0 atom stereocenters. The van der Waals surface area contributed by atoms with E-state index in [4.69, 9.17) is 0 Å². The molecule has 1 N–H and O–H groups in total. The topological polar surface area (TPSA) is 29.1 Å². The van der Waals surface area contributed by atoms with E-state index in [1.807, 2.05) is 19.2 Å². The zero-order valence-electron chi connectivity index (χ0n) is 8.70. The van der Waals surface area contributed by atoms with Gasteiger partial charge in [0.15, 0.2) is 0 Å². The number of nitrogens with one attached hydrogen (secondary N) is 1. The number of rotatable bonds is 6. The van der Waals surface area contributed by atoms with E-state index >= 15 is 0 Å². The van der Waals surface area contributed by atoms with E-state index in [2.05, 4.69) is 0 Å². The molecule has 0 radical (unpaired) electrons. The predicted molar refractivity (Wildman–Crippen MR) is 48.0 cm³/mol. The fourth-order valence-corrected chi connectivity index (χ4v) is 1.03. The number of hydrogen-bond donors (Lipinski definition) is 1. The van der Waals surface area contributed by atoms with Crippen LogP contribution in [0.3, 0.4) is 0 Å². The molecule has 90 valence electrons. The first-order chi connectivity index (χ1) is 6.86. The highest BCUT2D eigenvalue weighted by molar-refractivity contribution is 5.83. The van der Waals surface area contributed by atoms with Crippen LogP contribution in [0.15, 0.2) is 0 Å². The van der Waals surface area contributed by atoms with Gasteiger partial charge in [-0.3, -0.25) is 4.79 Å². The second-order valence-corrected chi connectivity index (χ2v) is 3.32. The lowest BCUT2D eigenvalue weighted by atomic mass is 10.0. The van der Waals surface area contributed by atoms with Crippen molar-refractivity contribution in [1.29, 1.82) is 0 Å². The number of amides is 1. The van der Waals surface area contributed by atoms with Crippen molar-refractivity contribution >= 4 is 5.91 Å². The largest absolute Gasteiger partial charge is 0.383 e. The van der Waals surface area contributed by atoms with Gasteiger partial charge in [0, 0.05) is 6.54 Å². The summed E-state index contributed by atoms with van der Waals surface area (Å²) in [5.41, 5.74) is 0. The minimum Gasteiger partial charge on any atom is -0.350 e. The highest BCUT2D eigenvalue weighted by atomic mass is 19.3. The van der Waals surface area contributed by atoms with Crippen molar-refractivity contribution in [3.05, 3.63) is 0 Å². The van der Waals surface area contributed by atoms with Gasteiger partial charge in [-0.15, -0.1) is 0 Å². The van der Waals surface area contributed by atoms with Crippen LogP contribution >= 0.6 is 0 Å². The van der Waals surface area contributed by atoms with Crippen molar-refractivity contribution in [2.45, 2.75) is 39.0 Å². The van der Waals surface area contributed by atoms with Gasteiger partial charge in [-0.05, 0) is 5.92 Å². The molecule has 0 bridgehead atoms. The standard InChI is InChI=1S/C9H15F4NO/c1-3-6(4-2)5-14-8(15)9(12,13)7(10)11/h6-7H,3-5H2,1-2H3,(H,14,15). The van der Waals surface area contributed by atoms with Crippen LogP contribution in [0.1, 0.15) is 26.7 Å². The molecule has 0 aromatic carbocycles. The zero-order valence-corrected chi connectivity index (χ0v) is 8.70. The lowest BCUT2D eigenvalue weighted by molar-refractivity contribution is -0.169. The SMILES string of the molecule is CCC(CC)CNC(=O)C(F)(F)C(F)F. The number of carbonyl (C=O) groups is 1. The Bertz CT molecular complexity index is 204. The van der Waals surface area contributed by atoms with Gasteiger partial charge in [0.2, 0.25) is 0 Å². The fourth-order valence-electron chi connectivity index (χ4n) is 1.03. The molecule has 15 heavy (non-hydrogen) atoms. The monoisotopic (exact) mass is 229 g/mol. The third-order valence-electron chi connectivity index (χ3n) is 2.28. The van der Waals surface area contributed by atoms with E-state index in [0.717, 1.165) is 0 Å². The average molecular weight is 229 g/mol. The third kappa shape index (κ3) is 4.05.